The van der Waals surface area contributed by atoms with E-state index in [-0.39, 0.29) is 0 Å². The van der Waals surface area contributed by atoms with Gasteiger partial charge in [-0.2, -0.15) is 5.10 Å². The van der Waals surface area contributed by atoms with Crippen LogP contribution in [-0.4, -0.2) is 16.0 Å². The first-order valence-electron chi connectivity index (χ1n) is 4.18. The molecule has 0 unspecified atom stereocenters. The Hall–Kier alpha value is -0.960. The van der Waals surface area contributed by atoms with Gasteiger partial charge in [-0.05, 0) is 30.9 Å². The van der Waals surface area contributed by atoms with Gasteiger partial charge in [0.25, 0.3) is 0 Å². The predicted molar refractivity (Wildman–Crippen MR) is 57.2 cm³/mol. The molecule has 0 N–H and O–H groups in total. The summed E-state index contributed by atoms with van der Waals surface area (Å²) in [4.78, 5) is 1.33. The smallest absolute Gasteiger partial charge is 0.0926 e. The van der Waals surface area contributed by atoms with Crippen molar-refractivity contribution >= 4 is 22.7 Å². The summed E-state index contributed by atoms with van der Waals surface area (Å²) in [5.74, 6) is 0. The van der Waals surface area contributed by atoms with Crippen molar-refractivity contribution in [3.05, 3.63) is 23.9 Å². The van der Waals surface area contributed by atoms with E-state index in [0.29, 0.717) is 0 Å². The maximum atomic E-state index is 4.36. The molecule has 0 saturated carbocycles. The molecule has 1 aromatic heterocycles. The third-order valence-corrected chi connectivity index (χ3v) is 3.02. The van der Waals surface area contributed by atoms with Crippen LogP contribution in [0.1, 0.15) is 5.56 Å². The summed E-state index contributed by atoms with van der Waals surface area (Å²) in [6.07, 6.45) is 4.15. The van der Waals surface area contributed by atoms with E-state index in [4.69, 9.17) is 0 Å². The molecule has 13 heavy (non-hydrogen) atoms. The number of fused-ring (bicyclic) bond motifs is 1. The molecule has 0 atom stereocenters. The fraction of sp³-hybridized carbons (Fsp3) is 0.300. The average molecular weight is 192 g/mol. The second-order valence-corrected chi connectivity index (χ2v) is 4.03. The molecule has 2 aromatic rings. The fourth-order valence-electron chi connectivity index (χ4n) is 1.50. The number of benzene rings is 1. The summed E-state index contributed by atoms with van der Waals surface area (Å²) in [6.45, 7) is 2.12. The van der Waals surface area contributed by atoms with Crippen LogP contribution in [0.15, 0.2) is 23.2 Å². The summed E-state index contributed by atoms with van der Waals surface area (Å²) >= 11 is 1.78. The molecule has 0 saturated heterocycles. The van der Waals surface area contributed by atoms with E-state index < -0.39 is 0 Å². The van der Waals surface area contributed by atoms with Gasteiger partial charge in [0.1, 0.15) is 0 Å². The van der Waals surface area contributed by atoms with E-state index in [1.54, 1.807) is 11.8 Å². The first-order valence-corrected chi connectivity index (χ1v) is 5.41. The number of rotatable bonds is 1. The van der Waals surface area contributed by atoms with Crippen LogP contribution in [0.5, 0.6) is 0 Å². The molecular weight excluding hydrogens is 180 g/mol. The molecule has 1 aromatic carbocycles. The lowest BCUT2D eigenvalue weighted by atomic mass is 10.2. The normalized spacial score (nSPS) is 11.0. The van der Waals surface area contributed by atoms with Gasteiger partial charge in [0.05, 0.1) is 5.52 Å². The predicted octanol–water partition coefficient (Wildman–Crippen LogP) is 2.60. The Bertz CT molecular complexity index is 445. The van der Waals surface area contributed by atoms with E-state index in [2.05, 4.69) is 36.6 Å². The Morgan fingerprint density at radius 3 is 2.85 bits per heavy atom. The van der Waals surface area contributed by atoms with Crippen molar-refractivity contribution in [3.63, 3.8) is 0 Å². The summed E-state index contributed by atoms with van der Waals surface area (Å²) in [7, 11) is 1.95. The summed E-state index contributed by atoms with van der Waals surface area (Å²) in [5.41, 5.74) is 2.39. The zero-order chi connectivity index (χ0) is 9.42. The molecule has 0 aliphatic rings. The van der Waals surface area contributed by atoms with Gasteiger partial charge in [0, 0.05) is 23.5 Å². The van der Waals surface area contributed by atoms with Crippen molar-refractivity contribution in [2.45, 2.75) is 11.8 Å². The minimum atomic E-state index is 1.08. The first kappa shape index (κ1) is 8.63. The summed E-state index contributed by atoms with van der Waals surface area (Å²) in [6, 6.07) is 4.34. The van der Waals surface area contributed by atoms with Gasteiger partial charge in [-0.25, -0.2) is 0 Å². The van der Waals surface area contributed by atoms with Crippen LogP contribution < -0.4 is 0 Å². The Kier molecular flexibility index (Phi) is 2.04. The van der Waals surface area contributed by atoms with Crippen molar-refractivity contribution in [2.24, 2.45) is 7.05 Å². The van der Waals surface area contributed by atoms with E-state index in [0.717, 1.165) is 5.52 Å². The van der Waals surface area contributed by atoms with Gasteiger partial charge in [0.15, 0.2) is 0 Å². The number of thioether (sulfide) groups is 1. The highest BCUT2D eigenvalue weighted by atomic mass is 32.2. The monoisotopic (exact) mass is 192 g/mol. The van der Waals surface area contributed by atoms with Gasteiger partial charge in [-0.15, -0.1) is 11.8 Å². The van der Waals surface area contributed by atoms with Crippen LogP contribution >= 0.6 is 11.8 Å². The van der Waals surface area contributed by atoms with Crippen LogP contribution in [0.3, 0.4) is 0 Å². The van der Waals surface area contributed by atoms with Gasteiger partial charge in [0.2, 0.25) is 0 Å². The Balaban J connectivity index is 2.72. The molecule has 2 rings (SSSR count). The molecule has 68 valence electrons. The molecular formula is C10H12N2S. The van der Waals surface area contributed by atoms with E-state index in [1.165, 1.54) is 15.8 Å². The van der Waals surface area contributed by atoms with Crippen LogP contribution in [0.2, 0.25) is 0 Å². The van der Waals surface area contributed by atoms with Gasteiger partial charge in [-0.1, -0.05) is 0 Å². The number of hydrogen-bond donors (Lipinski definition) is 0. The zero-order valence-electron chi connectivity index (χ0n) is 8.03. The molecule has 0 bridgehead atoms. The Morgan fingerprint density at radius 1 is 1.38 bits per heavy atom. The highest BCUT2D eigenvalue weighted by Gasteiger charge is 2.02. The molecule has 0 radical (unpaired) electrons. The topological polar surface area (TPSA) is 17.8 Å². The van der Waals surface area contributed by atoms with Crippen LogP contribution in [0, 0.1) is 6.92 Å². The van der Waals surface area contributed by atoms with Crippen molar-refractivity contribution in [3.8, 4) is 0 Å². The molecule has 0 fully saturated rings. The summed E-state index contributed by atoms with van der Waals surface area (Å²) < 4.78 is 1.86. The second-order valence-electron chi connectivity index (χ2n) is 3.18. The molecule has 0 aliphatic carbocycles. The van der Waals surface area contributed by atoms with Gasteiger partial charge in [-0.3, -0.25) is 4.68 Å². The minimum Gasteiger partial charge on any atom is -0.275 e. The standard InChI is InChI=1S/C10H12N2S/c1-7-4-9-8(5-10(7)13-3)6-12(2)11-9/h4-6H,1-3H3. The van der Waals surface area contributed by atoms with Crippen LogP contribution in [0.4, 0.5) is 0 Å². The first-order chi connectivity index (χ1) is 6.20. The number of hydrogen-bond acceptors (Lipinski definition) is 2. The molecule has 0 amide bonds. The lowest BCUT2D eigenvalue weighted by Crippen LogP contribution is -1.85. The van der Waals surface area contributed by atoms with E-state index in [9.17, 15) is 0 Å². The zero-order valence-corrected chi connectivity index (χ0v) is 8.85. The van der Waals surface area contributed by atoms with Crippen molar-refractivity contribution < 1.29 is 0 Å². The molecule has 1 heterocycles. The number of aromatic nitrogens is 2. The second kappa shape index (κ2) is 3.07. The third kappa shape index (κ3) is 1.44. The van der Waals surface area contributed by atoms with Crippen molar-refractivity contribution in [2.75, 3.05) is 6.26 Å². The maximum absolute atomic E-state index is 4.36. The largest absolute Gasteiger partial charge is 0.275 e. The Morgan fingerprint density at radius 2 is 2.15 bits per heavy atom. The molecule has 2 nitrogen and oxygen atoms in total. The Labute approximate surface area is 81.9 Å². The van der Waals surface area contributed by atoms with E-state index >= 15 is 0 Å². The minimum absolute atomic E-state index is 1.08. The lowest BCUT2D eigenvalue weighted by Gasteiger charge is -2.00. The van der Waals surface area contributed by atoms with Gasteiger partial charge < -0.3 is 0 Å². The van der Waals surface area contributed by atoms with Crippen LogP contribution in [-0.2, 0) is 7.05 Å². The third-order valence-electron chi connectivity index (χ3n) is 2.14. The molecule has 3 heteroatoms. The fourth-order valence-corrected chi connectivity index (χ4v) is 2.12. The quantitative estimate of drug-likeness (QED) is 0.646. The SMILES string of the molecule is CSc1cc2cn(C)nc2cc1C. The van der Waals surface area contributed by atoms with Crippen molar-refractivity contribution in [1.29, 1.82) is 0 Å². The van der Waals surface area contributed by atoms with E-state index in [1.807, 2.05) is 11.7 Å². The van der Waals surface area contributed by atoms with Gasteiger partial charge >= 0.3 is 0 Å². The molecule has 0 spiro atoms. The lowest BCUT2D eigenvalue weighted by molar-refractivity contribution is 0.779. The van der Waals surface area contributed by atoms with Crippen LogP contribution in [0.25, 0.3) is 10.9 Å². The highest BCUT2D eigenvalue weighted by Crippen LogP contribution is 2.24. The number of aryl methyl sites for hydroxylation is 2. The van der Waals surface area contributed by atoms with Crippen molar-refractivity contribution in [1.82, 2.24) is 9.78 Å². The maximum Gasteiger partial charge on any atom is 0.0926 e. The highest BCUT2D eigenvalue weighted by molar-refractivity contribution is 7.98. The average Bonchev–Trinajstić information content (AvgIpc) is 2.42. The number of nitrogens with zero attached hydrogens (tertiary/aromatic N) is 2. The molecule has 0 aliphatic heterocycles. The summed E-state index contributed by atoms with van der Waals surface area (Å²) in [5, 5.41) is 5.58.